The lowest BCUT2D eigenvalue weighted by atomic mass is 10.0. The molecule has 0 aliphatic heterocycles. The van der Waals surface area contributed by atoms with Crippen molar-refractivity contribution in [2.45, 2.75) is 19.4 Å². The van der Waals surface area contributed by atoms with E-state index in [2.05, 4.69) is 5.32 Å². The number of hydrogen-bond donors (Lipinski definition) is 2. The second-order valence-corrected chi connectivity index (χ2v) is 5.35. The van der Waals surface area contributed by atoms with Crippen LogP contribution in [0.15, 0.2) is 54.6 Å². The minimum Gasteiger partial charge on any atom is -0.478 e. The third-order valence-electron chi connectivity index (χ3n) is 3.55. The summed E-state index contributed by atoms with van der Waals surface area (Å²) in [5.41, 5.74) is 2.01. The first-order chi connectivity index (χ1) is 11.7. The number of aromatic carboxylic acids is 1. The van der Waals surface area contributed by atoms with Gasteiger partial charge in [-0.15, -0.1) is 0 Å². The second kappa shape index (κ2) is 9.47. The zero-order valence-electron chi connectivity index (χ0n) is 13.4. The van der Waals surface area contributed by atoms with Gasteiger partial charge in [-0.2, -0.15) is 0 Å². The van der Waals surface area contributed by atoms with Crippen molar-refractivity contribution < 1.29 is 19.4 Å². The smallest absolute Gasteiger partial charge is 0.335 e. The van der Waals surface area contributed by atoms with E-state index in [1.54, 1.807) is 24.3 Å². The van der Waals surface area contributed by atoms with Gasteiger partial charge in [0.05, 0.1) is 18.8 Å². The Bertz CT molecular complexity index is 670. The highest BCUT2D eigenvalue weighted by Gasteiger charge is 2.10. The molecule has 0 aliphatic carbocycles. The topological polar surface area (TPSA) is 75.6 Å². The van der Waals surface area contributed by atoms with Gasteiger partial charge in [0.1, 0.15) is 0 Å². The van der Waals surface area contributed by atoms with Crippen molar-refractivity contribution >= 4 is 11.9 Å². The van der Waals surface area contributed by atoms with Crippen LogP contribution in [0.5, 0.6) is 0 Å². The van der Waals surface area contributed by atoms with E-state index in [9.17, 15) is 9.59 Å². The number of carboxylic acid groups (broad SMARTS) is 1. The van der Waals surface area contributed by atoms with Crippen LogP contribution in [0.2, 0.25) is 0 Å². The Kier molecular flexibility index (Phi) is 6.98. The van der Waals surface area contributed by atoms with Gasteiger partial charge in [-0.25, -0.2) is 4.79 Å². The molecule has 0 heterocycles. The first-order valence-corrected chi connectivity index (χ1v) is 7.86. The SMILES string of the molecule is O=C(CCc1ccccc1C(=O)O)NCCOCc1ccccc1. The van der Waals surface area contributed by atoms with Gasteiger partial charge in [0, 0.05) is 13.0 Å². The van der Waals surface area contributed by atoms with Gasteiger partial charge in [-0.3, -0.25) is 4.79 Å². The number of carbonyl (C=O) groups is 2. The van der Waals surface area contributed by atoms with Crippen molar-refractivity contribution in [3.63, 3.8) is 0 Å². The number of amides is 1. The third kappa shape index (κ3) is 5.85. The Labute approximate surface area is 141 Å². The summed E-state index contributed by atoms with van der Waals surface area (Å²) in [5.74, 6) is -1.08. The minimum absolute atomic E-state index is 0.112. The second-order valence-electron chi connectivity index (χ2n) is 5.35. The molecular formula is C19H21NO4. The van der Waals surface area contributed by atoms with Gasteiger partial charge in [-0.1, -0.05) is 48.5 Å². The number of nitrogens with one attached hydrogen (secondary N) is 1. The molecular weight excluding hydrogens is 306 g/mol. The predicted molar refractivity (Wildman–Crippen MR) is 90.8 cm³/mol. The molecule has 0 bridgehead atoms. The summed E-state index contributed by atoms with van der Waals surface area (Å²) in [6.45, 7) is 1.39. The molecule has 0 radical (unpaired) electrons. The van der Waals surface area contributed by atoms with Crippen LogP contribution in [-0.4, -0.2) is 30.1 Å². The molecule has 2 rings (SSSR count). The molecule has 0 aliphatic rings. The van der Waals surface area contributed by atoms with Crippen LogP contribution in [0.1, 0.15) is 27.9 Å². The van der Waals surface area contributed by atoms with Crippen molar-refractivity contribution in [3.05, 3.63) is 71.3 Å². The van der Waals surface area contributed by atoms with Crippen molar-refractivity contribution in [3.8, 4) is 0 Å². The Balaban J connectivity index is 1.64. The summed E-state index contributed by atoms with van der Waals surface area (Å²) in [7, 11) is 0. The molecule has 0 unspecified atom stereocenters. The summed E-state index contributed by atoms with van der Waals surface area (Å²) in [6.07, 6.45) is 0.655. The average Bonchev–Trinajstić information content (AvgIpc) is 2.60. The van der Waals surface area contributed by atoms with Crippen LogP contribution in [0.25, 0.3) is 0 Å². The molecule has 0 fully saturated rings. The lowest BCUT2D eigenvalue weighted by Gasteiger charge is -2.08. The number of aryl methyl sites for hydroxylation is 1. The quantitative estimate of drug-likeness (QED) is 0.694. The Hall–Kier alpha value is -2.66. The lowest BCUT2D eigenvalue weighted by molar-refractivity contribution is -0.121. The fourth-order valence-electron chi connectivity index (χ4n) is 2.31. The van der Waals surface area contributed by atoms with Gasteiger partial charge in [-0.05, 0) is 23.6 Å². The van der Waals surface area contributed by atoms with E-state index in [1.165, 1.54) is 0 Å². The highest BCUT2D eigenvalue weighted by atomic mass is 16.5. The first-order valence-electron chi connectivity index (χ1n) is 7.86. The Morgan fingerprint density at radius 2 is 1.71 bits per heavy atom. The van der Waals surface area contributed by atoms with E-state index in [0.29, 0.717) is 31.7 Å². The molecule has 0 aromatic heterocycles. The van der Waals surface area contributed by atoms with Crippen molar-refractivity contribution in [2.75, 3.05) is 13.2 Å². The first kappa shape index (κ1) is 17.7. The number of ether oxygens (including phenoxy) is 1. The standard InChI is InChI=1S/C19H21NO4/c21-18(11-10-16-8-4-5-9-17(16)19(22)23)20-12-13-24-14-15-6-2-1-3-7-15/h1-9H,10-14H2,(H,20,21)(H,22,23). The van der Waals surface area contributed by atoms with Crippen LogP contribution in [0, 0.1) is 0 Å². The highest BCUT2D eigenvalue weighted by molar-refractivity contribution is 5.89. The Morgan fingerprint density at radius 3 is 2.46 bits per heavy atom. The highest BCUT2D eigenvalue weighted by Crippen LogP contribution is 2.11. The molecule has 24 heavy (non-hydrogen) atoms. The van der Waals surface area contributed by atoms with Gasteiger partial charge in [0.2, 0.25) is 5.91 Å². The number of rotatable bonds is 9. The van der Waals surface area contributed by atoms with Crippen LogP contribution in [0.4, 0.5) is 0 Å². The van der Waals surface area contributed by atoms with Crippen LogP contribution in [0.3, 0.4) is 0 Å². The number of carbonyl (C=O) groups excluding carboxylic acids is 1. The molecule has 2 aromatic carbocycles. The van der Waals surface area contributed by atoms with Gasteiger partial charge in [0.25, 0.3) is 0 Å². The van der Waals surface area contributed by atoms with E-state index in [4.69, 9.17) is 9.84 Å². The van der Waals surface area contributed by atoms with E-state index in [0.717, 1.165) is 5.56 Å². The van der Waals surface area contributed by atoms with Crippen LogP contribution in [-0.2, 0) is 22.6 Å². The number of hydrogen-bond acceptors (Lipinski definition) is 3. The maximum Gasteiger partial charge on any atom is 0.335 e. The number of carboxylic acids is 1. The summed E-state index contributed by atoms with van der Waals surface area (Å²) in [5, 5.41) is 11.9. The molecule has 0 atom stereocenters. The van der Waals surface area contributed by atoms with Gasteiger partial charge in [0.15, 0.2) is 0 Å². The van der Waals surface area contributed by atoms with Crippen LogP contribution >= 0.6 is 0 Å². The summed E-state index contributed by atoms with van der Waals surface area (Å²) in [6, 6.07) is 16.6. The molecule has 5 nitrogen and oxygen atoms in total. The third-order valence-corrected chi connectivity index (χ3v) is 3.55. The molecule has 2 N–H and O–H groups in total. The zero-order chi connectivity index (χ0) is 17.2. The lowest BCUT2D eigenvalue weighted by Crippen LogP contribution is -2.27. The maximum atomic E-state index is 11.8. The van der Waals surface area contributed by atoms with Crippen molar-refractivity contribution in [2.24, 2.45) is 0 Å². The van der Waals surface area contributed by atoms with E-state index in [1.807, 2.05) is 30.3 Å². The van der Waals surface area contributed by atoms with Gasteiger partial charge >= 0.3 is 5.97 Å². The van der Waals surface area contributed by atoms with E-state index in [-0.39, 0.29) is 17.9 Å². The summed E-state index contributed by atoms with van der Waals surface area (Å²) >= 11 is 0. The maximum absolute atomic E-state index is 11.8. The molecule has 0 saturated carbocycles. The van der Waals surface area contributed by atoms with E-state index < -0.39 is 5.97 Å². The average molecular weight is 327 g/mol. The van der Waals surface area contributed by atoms with Crippen molar-refractivity contribution in [1.82, 2.24) is 5.32 Å². The molecule has 2 aromatic rings. The monoisotopic (exact) mass is 327 g/mol. The summed E-state index contributed by atoms with van der Waals surface area (Å²) < 4.78 is 5.49. The van der Waals surface area contributed by atoms with E-state index >= 15 is 0 Å². The van der Waals surface area contributed by atoms with Crippen molar-refractivity contribution in [1.29, 1.82) is 0 Å². The Morgan fingerprint density at radius 1 is 1.00 bits per heavy atom. The molecule has 0 spiro atoms. The normalized spacial score (nSPS) is 10.3. The largest absolute Gasteiger partial charge is 0.478 e. The fraction of sp³-hybridized carbons (Fsp3) is 0.263. The molecule has 1 amide bonds. The fourth-order valence-corrected chi connectivity index (χ4v) is 2.31. The summed E-state index contributed by atoms with van der Waals surface area (Å²) in [4.78, 5) is 22.9. The minimum atomic E-state index is -0.972. The predicted octanol–water partition coefficient (Wildman–Crippen LogP) is 2.65. The molecule has 0 saturated heterocycles. The molecule has 5 heteroatoms. The molecule has 126 valence electrons. The zero-order valence-corrected chi connectivity index (χ0v) is 13.4. The van der Waals surface area contributed by atoms with Gasteiger partial charge < -0.3 is 15.2 Å². The van der Waals surface area contributed by atoms with Crippen LogP contribution < -0.4 is 5.32 Å². The number of benzene rings is 2.